The third-order valence-electron chi connectivity index (χ3n) is 2.42. The van der Waals surface area contributed by atoms with Gasteiger partial charge in [-0.2, -0.15) is 0 Å². The predicted molar refractivity (Wildman–Crippen MR) is 60.8 cm³/mol. The number of carbonyl (C=O) groups excluding carboxylic acids is 2. The van der Waals surface area contributed by atoms with Crippen molar-refractivity contribution in [1.82, 2.24) is 5.32 Å². The zero-order chi connectivity index (χ0) is 12.6. The van der Waals surface area contributed by atoms with E-state index in [-0.39, 0.29) is 29.8 Å². The summed E-state index contributed by atoms with van der Waals surface area (Å²) in [6.45, 7) is 9.39. The molecule has 0 saturated carbocycles. The molecule has 0 aromatic rings. The van der Waals surface area contributed by atoms with Gasteiger partial charge in [0.15, 0.2) is 0 Å². The van der Waals surface area contributed by atoms with Crippen molar-refractivity contribution < 1.29 is 14.3 Å². The largest absolute Gasteiger partial charge is 0.460 e. The highest BCUT2D eigenvalue weighted by atomic mass is 16.6. The maximum Gasteiger partial charge on any atom is 0.307 e. The number of esters is 1. The lowest BCUT2D eigenvalue weighted by molar-refractivity contribution is -0.156. The van der Waals surface area contributed by atoms with Gasteiger partial charge in [-0.25, -0.2) is 0 Å². The Morgan fingerprint density at radius 3 is 2.44 bits per heavy atom. The number of hydrogen-bond acceptors (Lipinski definition) is 3. The minimum atomic E-state index is -0.484. The molecule has 0 bridgehead atoms. The summed E-state index contributed by atoms with van der Waals surface area (Å²) < 4.78 is 5.20. The molecule has 1 fully saturated rings. The average molecular weight is 227 g/mol. The van der Waals surface area contributed by atoms with Crippen LogP contribution in [0.15, 0.2) is 0 Å². The first-order chi connectivity index (χ1) is 7.09. The molecule has 1 heterocycles. The highest BCUT2D eigenvalue weighted by Gasteiger charge is 2.38. The predicted octanol–water partition coefficient (Wildman–Crippen LogP) is 1.63. The SMILES string of the molecule is CC1(C)C[C@H](CC(=O)OC(C)(C)C)C(=O)N1. The van der Waals surface area contributed by atoms with Crippen molar-refractivity contribution in [3.05, 3.63) is 0 Å². The Kier molecular flexibility index (Phi) is 3.31. The van der Waals surface area contributed by atoms with Crippen molar-refractivity contribution in [2.45, 2.75) is 58.6 Å². The van der Waals surface area contributed by atoms with E-state index in [9.17, 15) is 9.59 Å². The van der Waals surface area contributed by atoms with Gasteiger partial charge in [0.2, 0.25) is 5.91 Å². The minimum Gasteiger partial charge on any atom is -0.460 e. The number of carbonyl (C=O) groups is 2. The lowest BCUT2D eigenvalue weighted by Crippen LogP contribution is -2.34. The van der Waals surface area contributed by atoms with Gasteiger partial charge in [-0.3, -0.25) is 9.59 Å². The second-order valence-electron chi connectivity index (χ2n) is 6.06. The van der Waals surface area contributed by atoms with Gasteiger partial charge in [-0.05, 0) is 41.0 Å². The summed E-state index contributed by atoms with van der Waals surface area (Å²) >= 11 is 0. The van der Waals surface area contributed by atoms with E-state index in [1.54, 1.807) is 0 Å². The van der Waals surface area contributed by atoms with Crippen molar-refractivity contribution in [1.29, 1.82) is 0 Å². The van der Waals surface area contributed by atoms with Gasteiger partial charge in [0.25, 0.3) is 0 Å². The van der Waals surface area contributed by atoms with Crippen molar-refractivity contribution in [2.24, 2.45) is 5.92 Å². The highest BCUT2D eigenvalue weighted by molar-refractivity contribution is 5.86. The fraction of sp³-hybridized carbons (Fsp3) is 0.833. The van der Waals surface area contributed by atoms with Crippen LogP contribution in [0.1, 0.15) is 47.5 Å². The third kappa shape index (κ3) is 3.83. The summed E-state index contributed by atoms with van der Waals surface area (Å²) in [5, 5.41) is 2.86. The van der Waals surface area contributed by atoms with E-state index >= 15 is 0 Å². The van der Waals surface area contributed by atoms with Gasteiger partial charge < -0.3 is 10.1 Å². The molecule has 16 heavy (non-hydrogen) atoms. The smallest absolute Gasteiger partial charge is 0.307 e. The van der Waals surface area contributed by atoms with Crippen molar-refractivity contribution in [3.8, 4) is 0 Å². The van der Waals surface area contributed by atoms with Crippen molar-refractivity contribution >= 4 is 11.9 Å². The van der Waals surface area contributed by atoms with E-state index in [1.807, 2.05) is 34.6 Å². The lowest BCUT2D eigenvalue weighted by Gasteiger charge is -2.20. The molecule has 0 radical (unpaired) electrons. The summed E-state index contributed by atoms with van der Waals surface area (Å²) in [6, 6.07) is 0. The monoisotopic (exact) mass is 227 g/mol. The van der Waals surface area contributed by atoms with E-state index in [2.05, 4.69) is 5.32 Å². The molecule has 0 aromatic carbocycles. The van der Waals surface area contributed by atoms with Gasteiger partial charge in [0.1, 0.15) is 5.60 Å². The Morgan fingerprint density at radius 2 is 2.06 bits per heavy atom. The zero-order valence-corrected chi connectivity index (χ0v) is 10.7. The highest BCUT2D eigenvalue weighted by Crippen LogP contribution is 2.27. The summed E-state index contributed by atoms with van der Waals surface area (Å²) in [5.74, 6) is -0.592. The summed E-state index contributed by atoms with van der Waals surface area (Å²) in [6.07, 6.45) is 0.859. The number of hydrogen-bond donors (Lipinski definition) is 1. The van der Waals surface area contributed by atoms with Crippen LogP contribution in [0.25, 0.3) is 0 Å². The molecule has 1 atom stereocenters. The van der Waals surface area contributed by atoms with Crippen LogP contribution in [0, 0.1) is 5.92 Å². The molecular formula is C12H21NO3. The quantitative estimate of drug-likeness (QED) is 0.729. The molecule has 0 unspecified atom stereocenters. The maximum atomic E-state index is 11.6. The van der Waals surface area contributed by atoms with Gasteiger partial charge in [-0.15, -0.1) is 0 Å². The number of nitrogens with one attached hydrogen (secondary N) is 1. The van der Waals surface area contributed by atoms with Gasteiger partial charge in [0, 0.05) is 5.54 Å². The Hall–Kier alpha value is -1.06. The molecule has 0 aliphatic carbocycles. The van der Waals surface area contributed by atoms with Crippen LogP contribution in [0.5, 0.6) is 0 Å². The van der Waals surface area contributed by atoms with E-state index in [4.69, 9.17) is 4.74 Å². The molecule has 1 aliphatic rings. The van der Waals surface area contributed by atoms with E-state index in [1.165, 1.54) is 0 Å². The average Bonchev–Trinajstić information content (AvgIpc) is 2.19. The first-order valence-corrected chi connectivity index (χ1v) is 5.63. The van der Waals surface area contributed by atoms with Gasteiger partial charge >= 0.3 is 5.97 Å². The standard InChI is InChI=1S/C12H21NO3/c1-11(2,3)16-9(14)6-8-7-12(4,5)13-10(8)15/h8H,6-7H2,1-5H3,(H,13,15)/t8-/m0/s1. The Labute approximate surface area is 96.7 Å². The van der Waals surface area contributed by atoms with Crippen LogP contribution >= 0.6 is 0 Å². The summed E-state index contributed by atoms with van der Waals surface area (Å²) in [4.78, 5) is 23.1. The topological polar surface area (TPSA) is 55.4 Å². The van der Waals surface area contributed by atoms with Crippen LogP contribution in [-0.2, 0) is 14.3 Å². The second-order valence-corrected chi connectivity index (χ2v) is 6.06. The fourth-order valence-corrected chi connectivity index (χ4v) is 1.94. The Balaban J connectivity index is 2.50. The molecule has 1 N–H and O–H groups in total. The van der Waals surface area contributed by atoms with Crippen molar-refractivity contribution in [2.75, 3.05) is 0 Å². The zero-order valence-electron chi connectivity index (χ0n) is 10.7. The molecule has 92 valence electrons. The van der Waals surface area contributed by atoms with Crippen LogP contribution in [0.4, 0.5) is 0 Å². The minimum absolute atomic E-state index is 0.0455. The Bertz CT molecular complexity index is 302. The molecule has 4 nitrogen and oxygen atoms in total. The molecule has 0 spiro atoms. The first-order valence-electron chi connectivity index (χ1n) is 5.63. The van der Waals surface area contributed by atoms with Gasteiger partial charge in [0.05, 0.1) is 12.3 Å². The third-order valence-corrected chi connectivity index (χ3v) is 2.42. The van der Waals surface area contributed by atoms with E-state index in [0.29, 0.717) is 6.42 Å². The number of rotatable bonds is 2. The van der Waals surface area contributed by atoms with Crippen LogP contribution in [0.2, 0.25) is 0 Å². The fourth-order valence-electron chi connectivity index (χ4n) is 1.94. The molecule has 4 heteroatoms. The molecule has 0 aromatic heterocycles. The number of ether oxygens (including phenoxy) is 1. The van der Waals surface area contributed by atoms with Crippen LogP contribution < -0.4 is 5.32 Å². The van der Waals surface area contributed by atoms with Crippen LogP contribution in [0.3, 0.4) is 0 Å². The molecule has 1 amide bonds. The second kappa shape index (κ2) is 4.07. The molecule has 1 aliphatic heterocycles. The van der Waals surface area contributed by atoms with Gasteiger partial charge in [-0.1, -0.05) is 0 Å². The van der Waals surface area contributed by atoms with Crippen molar-refractivity contribution in [3.63, 3.8) is 0 Å². The maximum absolute atomic E-state index is 11.6. The molecular weight excluding hydrogens is 206 g/mol. The first kappa shape index (κ1) is 13.0. The lowest BCUT2D eigenvalue weighted by atomic mass is 9.94. The normalized spacial score (nSPS) is 24.1. The van der Waals surface area contributed by atoms with E-state index < -0.39 is 5.60 Å². The van der Waals surface area contributed by atoms with E-state index in [0.717, 1.165) is 0 Å². The summed E-state index contributed by atoms with van der Waals surface area (Å²) in [5.41, 5.74) is -0.689. The number of amides is 1. The molecule has 1 saturated heterocycles. The Morgan fingerprint density at radius 1 is 1.50 bits per heavy atom. The summed E-state index contributed by atoms with van der Waals surface area (Å²) in [7, 11) is 0. The molecule has 1 rings (SSSR count). The van der Waals surface area contributed by atoms with Crippen LogP contribution in [-0.4, -0.2) is 23.0 Å².